The summed E-state index contributed by atoms with van der Waals surface area (Å²) in [6.45, 7) is -0.0993. The van der Waals surface area contributed by atoms with Crippen LogP contribution in [0.15, 0.2) is 46.9 Å². The second kappa shape index (κ2) is 5.49. The monoisotopic (exact) mass is 383 g/mol. The first kappa shape index (κ1) is 15.7. The number of carbonyl (C=O) groups is 2. The number of hydrogen-bond donors (Lipinski definition) is 0. The van der Waals surface area contributed by atoms with Gasteiger partial charge in [0.05, 0.1) is 23.4 Å². The molecular formula is C16H9BrF3NO2. The summed E-state index contributed by atoms with van der Waals surface area (Å²) in [7, 11) is 0. The maximum absolute atomic E-state index is 13.2. The molecule has 1 aliphatic rings. The number of alkyl halides is 3. The SMILES string of the molecule is O=C1C(=O)N(Cc2ccc(Br)cc2)c2c1cccc2C(F)(F)F. The summed E-state index contributed by atoms with van der Waals surface area (Å²) in [5.41, 5.74) is -0.926. The number of Topliss-reactive ketones (excluding diaryl/α,β-unsaturated/α-hetero) is 1. The highest BCUT2D eigenvalue weighted by molar-refractivity contribution is 9.10. The van der Waals surface area contributed by atoms with Crippen LogP contribution >= 0.6 is 15.9 Å². The van der Waals surface area contributed by atoms with Crippen LogP contribution in [0, 0.1) is 0 Å². The van der Waals surface area contributed by atoms with Crippen molar-refractivity contribution in [3.05, 3.63) is 63.6 Å². The van der Waals surface area contributed by atoms with E-state index in [9.17, 15) is 22.8 Å². The number of ketones is 1. The van der Waals surface area contributed by atoms with Crippen LogP contribution in [0.25, 0.3) is 0 Å². The van der Waals surface area contributed by atoms with Crippen molar-refractivity contribution >= 4 is 33.3 Å². The topological polar surface area (TPSA) is 37.4 Å². The second-order valence-electron chi connectivity index (χ2n) is 5.05. The van der Waals surface area contributed by atoms with Gasteiger partial charge in [-0.25, -0.2) is 0 Å². The first-order valence-corrected chi connectivity index (χ1v) is 7.39. The lowest BCUT2D eigenvalue weighted by Gasteiger charge is -2.21. The average Bonchev–Trinajstić information content (AvgIpc) is 2.74. The average molecular weight is 384 g/mol. The summed E-state index contributed by atoms with van der Waals surface area (Å²) in [5.74, 6) is -1.86. The Kier molecular flexibility index (Phi) is 3.75. The lowest BCUT2D eigenvalue weighted by molar-refractivity contribution is -0.137. The molecule has 1 aliphatic heterocycles. The molecule has 118 valence electrons. The van der Waals surface area contributed by atoms with Crippen LogP contribution in [0.3, 0.4) is 0 Å². The second-order valence-corrected chi connectivity index (χ2v) is 5.96. The Morgan fingerprint density at radius 2 is 1.65 bits per heavy atom. The van der Waals surface area contributed by atoms with E-state index in [4.69, 9.17) is 0 Å². The fraction of sp³-hybridized carbons (Fsp3) is 0.125. The highest BCUT2D eigenvalue weighted by atomic mass is 79.9. The molecule has 0 radical (unpaired) electrons. The van der Waals surface area contributed by atoms with Crippen molar-refractivity contribution in [1.82, 2.24) is 0 Å². The van der Waals surface area contributed by atoms with E-state index < -0.39 is 23.4 Å². The van der Waals surface area contributed by atoms with Gasteiger partial charge in [0.2, 0.25) is 0 Å². The van der Waals surface area contributed by atoms with Crippen molar-refractivity contribution < 1.29 is 22.8 Å². The van der Waals surface area contributed by atoms with Gasteiger partial charge in [0.1, 0.15) is 0 Å². The van der Waals surface area contributed by atoms with E-state index in [-0.39, 0.29) is 17.8 Å². The van der Waals surface area contributed by atoms with E-state index in [1.807, 2.05) is 0 Å². The molecule has 0 N–H and O–H groups in total. The molecule has 0 spiro atoms. The predicted octanol–water partition coefficient (Wildman–Crippen LogP) is 4.20. The molecule has 2 aromatic rings. The van der Waals surface area contributed by atoms with Gasteiger partial charge in [-0.3, -0.25) is 14.5 Å². The van der Waals surface area contributed by atoms with Crippen molar-refractivity contribution in [2.45, 2.75) is 12.7 Å². The van der Waals surface area contributed by atoms with E-state index in [2.05, 4.69) is 15.9 Å². The van der Waals surface area contributed by atoms with Crippen LogP contribution in [0.5, 0.6) is 0 Å². The largest absolute Gasteiger partial charge is 0.418 e. The van der Waals surface area contributed by atoms with Gasteiger partial charge in [-0.2, -0.15) is 13.2 Å². The van der Waals surface area contributed by atoms with E-state index in [0.29, 0.717) is 5.56 Å². The molecule has 0 saturated heterocycles. The van der Waals surface area contributed by atoms with Gasteiger partial charge in [0, 0.05) is 4.47 Å². The zero-order valence-electron chi connectivity index (χ0n) is 11.5. The molecular weight excluding hydrogens is 375 g/mol. The number of rotatable bonds is 2. The van der Waals surface area contributed by atoms with Crippen LogP contribution in [-0.2, 0) is 17.5 Å². The van der Waals surface area contributed by atoms with Crippen molar-refractivity contribution in [2.75, 3.05) is 4.90 Å². The number of fused-ring (bicyclic) bond motifs is 1. The van der Waals surface area contributed by atoms with Gasteiger partial charge < -0.3 is 0 Å². The first-order valence-electron chi connectivity index (χ1n) is 6.60. The van der Waals surface area contributed by atoms with Crippen LogP contribution < -0.4 is 4.90 Å². The third-order valence-corrected chi connectivity index (χ3v) is 4.08. The lowest BCUT2D eigenvalue weighted by atomic mass is 10.1. The molecule has 0 unspecified atom stereocenters. The van der Waals surface area contributed by atoms with Crippen molar-refractivity contribution in [3.8, 4) is 0 Å². The van der Waals surface area contributed by atoms with E-state index >= 15 is 0 Å². The van der Waals surface area contributed by atoms with Crippen molar-refractivity contribution in [3.63, 3.8) is 0 Å². The molecule has 0 bridgehead atoms. The first-order chi connectivity index (χ1) is 10.8. The third-order valence-electron chi connectivity index (χ3n) is 3.55. The normalized spacial score (nSPS) is 14.3. The molecule has 0 atom stereocenters. The molecule has 23 heavy (non-hydrogen) atoms. The Bertz CT molecular complexity index is 800. The summed E-state index contributed by atoms with van der Waals surface area (Å²) < 4.78 is 40.4. The summed E-state index contributed by atoms with van der Waals surface area (Å²) in [5, 5.41) is 0. The Balaban J connectivity index is 2.09. The molecule has 3 rings (SSSR count). The Labute approximate surface area is 137 Å². The molecule has 2 aromatic carbocycles. The van der Waals surface area contributed by atoms with E-state index in [0.717, 1.165) is 21.5 Å². The van der Waals surface area contributed by atoms with E-state index in [1.165, 1.54) is 6.07 Å². The molecule has 3 nitrogen and oxygen atoms in total. The van der Waals surface area contributed by atoms with Crippen LogP contribution in [0.1, 0.15) is 21.5 Å². The number of nitrogens with zero attached hydrogens (tertiary/aromatic N) is 1. The number of halogens is 4. The minimum absolute atomic E-state index is 0.0993. The number of para-hydroxylation sites is 1. The standard InChI is InChI=1S/C16H9BrF3NO2/c17-10-6-4-9(5-7-10)8-21-13-11(14(22)15(21)23)2-1-3-12(13)16(18,19)20/h1-7H,8H2. The van der Waals surface area contributed by atoms with Gasteiger partial charge in [-0.05, 0) is 29.8 Å². The van der Waals surface area contributed by atoms with Crippen molar-refractivity contribution in [2.24, 2.45) is 0 Å². The maximum Gasteiger partial charge on any atom is 0.418 e. The van der Waals surface area contributed by atoms with E-state index in [1.54, 1.807) is 24.3 Å². The van der Waals surface area contributed by atoms with Crippen LogP contribution in [0.2, 0.25) is 0 Å². The summed E-state index contributed by atoms with van der Waals surface area (Å²) in [6, 6.07) is 10.0. The Hall–Kier alpha value is -2.15. The fourth-order valence-corrected chi connectivity index (χ4v) is 2.77. The summed E-state index contributed by atoms with van der Waals surface area (Å²) in [6.07, 6.45) is -4.64. The van der Waals surface area contributed by atoms with Gasteiger partial charge in [-0.15, -0.1) is 0 Å². The zero-order valence-corrected chi connectivity index (χ0v) is 13.1. The zero-order chi connectivity index (χ0) is 16.8. The molecule has 0 saturated carbocycles. The smallest absolute Gasteiger partial charge is 0.300 e. The molecule has 0 aromatic heterocycles. The molecule has 0 aliphatic carbocycles. The fourth-order valence-electron chi connectivity index (χ4n) is 2.51. The number of hydrogen-bond acceptors (Lipinski definition) is 2. The minimum atomic E-state index is -4.64. The molecule has 1 heterocycles. The van der Waals surface area contributed by atoms with Crippen LogP contribution in [0.4, 0.5) is 18.9 Å². The number of amides is 1. The summed E-state index contributed by atoms with van der Waals surface area (Å²) >= 11 is 3.26. The maximum atomic E-state index is 13.2. The number of carbonyl (C=O) groups excluding carboxylic acids is 2. The minimum Gasteiger partial charge on any atom is -0.300 e. The predicted molar refractivity (Wildman–Crippen MR) is 81.1 cm³/mol. The van der Waals surface area contributed by atoms with Gasteiger partial charge >= 0.3 is 6.18 Å². The molecule has 7 heteroatoms. The van der Waals surface area contributed by atoms with Crippen LogP contribution in [-0.4, -0.2) is 11.7 Å². The lowest BCUT2D eigenvalue weighted by Crippen LogP contribution is -2.30. The molecule has 0 fully saturated rings. The number of anilines is 1. The summed E-state index contributed by atoms with van der Waals surface area (Å²) in [4.78, 5) is 25.0. The highest BCUT2D eigenvalue weighted by Crippen LogP contribution is 2.42. The van der Waals surface area contributed by atoms with Gasteiger partial charge in [0.15, 0.2) is 0 Å². The van der Waals surface area contributed by atoms with Crippen molar-refractivity contribution in [1.29, 1.82) is 0 Å². The third kappa shape index (κ3) is 2.76. The quantitative estimate of drug-likeness (QED) is 0.728. The Morgan fingerprint density at radius 3 is 2.26 bits per heavy atom. The number of benzene rings is 2. The molecule has 1 amide bonds. The van der Waals surface area contributed by atoms with Gasteiger partial charge in [-0.1, -0.05) is 34.1 Å². The highest BCUT2D eigenvalue weighted by Gasteiger charge is 2.44. The van der Waals surface area contributed by atoms with Gasteiger partial charge in [0.25, 0.3) is 11.7 Å². The Morgan fingerprint density at radius 1 is 1.00 bits per heavy atom.